The van der Waals surface area contributed by atoms with Crippen LogP contribution in [-0.2, 0) is 0 Å². The van der Waals surface area contributed by atoms with Crippen molar-refractivity contribution in [2.45, 2.75) is 13.3 Å². The van der Waals surface area contributed by atoms with Crippen molar-refractivity contribution in [3.05, 3.63) is 77.4 Å². The highest BCUT2D eigenvalue weighted by Crippen LogP contribution is 2.26. The summed E-state index contributed by atoms with van der Waals surface area (Å²) in [7, 11) is 0. The summed E-state index contributed by atoms with van der Waals surface area (Å²) in [4.78, 5) is 12.0. The number of benzene rings is 2. The number of rotatable bonds is 4. The molecule has 0 atom stereocenters. The van der Waals surface area contributed by atoms with E-state index in [2.05, 4.69) is 0 Å². The molecule has 0 aliphatic heterocycles. The number of carbonyl (C=O) groups is 1. The largest absolute Gasteiger partial charge is 0.294 e. The molecule has 0 radical (unpaired) electrons. The molecule has 20 heavy (non-hydrogen) atoms. The lowest BCUT2D eigenvalue weighted by Gasteiger charge is -2.07. The van der Waals surface area contributed by atoms with Gasteiger partial charge in [-0.25, -0.2) is 0 Å². The maximum atomic E-state index is 13.1. The van der Waals surface area contributed by atoms with Crippen LogP contribution in [0.2, 0.25) is 0 Å². The Morgan fingerprint density at radius 1 is 0.900 bits per heavy atom. The molecule has 0 amide bonds. The number of allylic oxidation sites excluding steroid dienone is 1. The number of halogens is 2. The predicted molar refractivity (Wildman–Crippen MR) is 75.7 cm³/mol. The van der Waals surface area contributed by atoms with Crippen molar-refractivity contribution in [2.75, 3.05) is 0 Å². The van der Waals surface area contributed by atoms with Crippen LogP contribution in [0.1, 0.15) is 27.9 Å². The van der Waals surface area contributed by atoms with Gasteiger partial charge >= 0.3 is 0 Å². The van der Waals surface area contributed by atoms with E-state index in [1.807, 2.05) is 6.92 Å². The van der Waals surface area contributed by atoms with Crippen LogP contribution in [0.3, 0.4) is 0 Å². The monoisotopic (exact) mass is 272 g/mol. The molecule has 2 aromatic rings. The Kier molecular flexibility index (Phi) is 4.41. The van der Waals surface area contributed by atoms with Gasteiger partial charge in [-0.3, -0.25) is 4.79 Å². The molecule has 102 valence electrons. The summed E-state index contributed by atoms with van der Waals surface area (Å²) in [5.74, 6) is -0.311. The van der Waals surface area contributed by atoms with E-state index in [9.17, 15) is 13.6 Å². The molecule has 0 saturated heterocycles. The van der Waals surface area contributed by atoms with Crippen molar-refractivity contribution in [1.82, 2.24) is 0 Å². The summed E-state index contributed by atoms with van der Waals surface area (Å²) in [5, 5.41) is 0. The first-order chi connectivity index (χ1) is 9.58. The summed E-state index contributed by atoms with van der Waals surface area (Å²) in [6.45, 7) is 1.88. The van der Waals surface area contributed by atoms with Crippen molar-refractivity contribution >= 4 is 11.4 Å². The first kappa shape index (κ1) is 14.1. The number of hydrogen-bond donors (Lipinski definition) is 0. The maximum absolute atomic E-state index is 13.1. The summed E-state index contributed by atoms with van der Waals surface area (Å²) in [6.07, 6.45) is -2.10. The van der Waals surface area contributed by atoms with Gasteiger partial charge < -0.3 is 0 Å². The molecule has 0 N–H and O–H groups in total. The Labute approximate surface area is 116 Å². The molecule has 3 heteroatoms. The van der Waals surface area contributed by atoms with Crippen LogP contribution >= 0.6 is 0 Å². The third kappa shape index (κ3) is 3.38. The third-order valence-corrected chi connectivity index (χ3v) is 3.06. The average molecular weight is 272 g/mol. The lowest BCUT2D eigenvalue weighted by Crippen LogP contribution is -2.01. The molecule has 2 rings (SSSR count). The molecule has 0 saturated carbocycles. The van der Waals surface area contributed by atoms with E-state index in [-0.39, 0.29) is 17.8 Å². The van der Waals surface area contributed by atoms with Gasteiger partial charge in [0.15, 0.2) is 5.78 Å². The minimum Gasteiger partial charge on any atom is -0.294 e. The zero-order valence-electron chi connectivity index (χ0n) is 11.1. The first-order valence-corrected chi connectivity index (χ1v) is 6.27. The second-order valence-electron chi connectivity index (χ2n) is 4.57. The van der Waals surface area contributed by atoms with E-state index in [4.69, 9.17) is 0 Å². The predicted octanol–water partition coefficient (Wildman–Crippen LogP) is 4.88. The summed E-state index contributed by atoms with van der Waals surface area (Å²) >= 11 is 0. The zero-order chi connectivity index (χ0) is 14.5. The quantitative estimate of drug-likeness (QED) is 0.725. The van der Waals surface area contributed by atoms with Crippen LogP contribution < -0.4 is 0 Å². The van der Waals surface area contributed by atoms with E-state index >= 15 is 0 Å². The smallest absolute Gasteiger partial charge is 0.274 e. The summed E-state index contributed by atoms with van der Waals surface area (Å²) in [5.41, 5.74) is 1.61. The fraction of sp³-hybridized carbons (Fsp3) is 0.118. The number of Topliss-reactive ketones (excluding diaryl/α,β-unsaturated/α-hetero) is 1. The molecule has 1 nitrogen and oxygen atoms in total. The molecule has 2 aromatic carbocycles. The topological polar surface area (TPSA) is 17.1 Å². The van der Waals surface area contributed by atoms with Gasteiger partial charge in [-0.1, -0.05) is 60.2 Å². The molecule has 0 fully saturated rings. The van der Waals surface area contributed by atoms with Crippen molar-refractivity contribution in [3.63, 3.8) is 0 Å². The molecular weight excluding hydrogens is 258 g/mol. The second-order valence-corrected chi connectivity index (χ2v) is 4.57. The van der Waals surface area contributed by atoms with Gasteiger partial charge in [-0.15, -0.1) is 0 Å². The van der Waals surface area contributed by atoms with Gasteiger partial charge in [0.05, 0.1) is 0 Å². The van der Waals surface area contributed by atoms with E-state index in [0.717, 1.165) is 5.56 Å². The lowest BCUT2D eigenvalue weighted by molar-refractivity contribution is 0.0997. The van der Waals surface area contributed by atoms with E-state index in [1.165, 1.54) is 0 Å². The summed E-state index contributed by atoms with van der Waals surface area (Å²) < 4.78 is 26.2. The van der Waals surface area contributed by atoms with Crippen LogP contribution in [-0.4, -0.2) is 5.78 Å². The Balaban J connectivity index is 2.26. The number of hydrogen-bond acceptors (Lipinski definition) is 1. The number of ketones is 1. The Hall–Kier alpha value is -2.29. The van der Waals surface area contributed by atoms with Gasteiger partial charge in [0.2, 0.25) is 0 Å². The van der Waals surface area contributed by atoms with Crippen molar-refractivity contribution in [1.29, 1.82) is 0 Å². The maximum Gasteiger partial charge on any atom is 0.274 e. The molecule has 0 aliphatic rings. The molecule has 0 heterocycles. The normalized spacial score (nSPS) is 10.2. The third-order valence-electron chi connectivity index (χ3n) is 3.06. The molecule has 0 spiro atoms. The standard InChI is InChI=1S/C17H14F2O/c1-12-7-9-13(10-8-12)15(17(18)19)11-16(20)14-5-3-2-4-6-14/h2-10H,11H2,1H3. The molecule has 0 unspecified atom stereocenters. The van der Waals surface area contributed by atoms with Gasteiger partial charge in [0.1, 0.15) is 0 Å². The van der Waals surface area contributed by atoms with Crippen LogP contribution in [0.25, 0.3) is 5.57 Å². The van der Waals surface area contributed by atoms with Gasteiger partial charge in [-0.05, 0) is 12.5 Å². The van der Waals surface area contributed by atoms with Crippen LogP contribution in [0.5, 0.6) is 0 Å². The van der Waals surface area contributed by atoms with E-state index in [0.29, 0.717) is 11.1 Å². The van der Waals surface area contributed by atoms with Gasteiger partial charge in [0.25, 0.3) is 6.08 Å². The molecule has 0 aromatic heterocycles. The Bertz CT molecular complexity index is 624. The highest BCUT2D eigenvalue weighted by atomic mass is 19.3. The van der Waals surface area contributed by atoms with Crippen molar-refractivity contribution in [3.8, 4) is 0 Å². The van der Waals surface area contributed by atoms with Crippen LogP contribution in [0, 0.1) is 6.92 Å². The summed E-state index contributed by atoms with van der Waals surface area (Å²) in [6, 6.07) is 15.2. The number of carbonyl (C=O) groups excluding carboxylic acids is 1. The van der Waals surface area contributed by atoms with Crippen LogP contribution in [0.4, 0.5) is 8.78 Å². The van der Waals surface area contributed by atoms with Crippen LogP contribution in [0.15, 0.2) is 60.7 Å². The zero-order valence-corrected chi connectivity index (χ0v) is 11.1. The van der Waals surface area contributed by atoms with E-state index < -0.39 is 6.08 Å². The van der Waals surface area contributed by atoms with Gasteiger partial charge in [0, 0.05) is 17.6 Å². The van der Waals surface area contributed by atoms with Crippen molar-refractivity contribution in [2.24, 2.45) is 0 Å². The molecular formula is C17H14F2O. The van der Waals surface area contributed by atoms with Gasteiger partial charge in [-0.2, -0.15) is 8.78 Å². The first-order valence-electron chi connectivity index (χ1n) is 6.27. The van der Waals surface area contributed by atoms with E-state index in [1.54, 1.807) is 54.6 Å². The number of aryl methyl sites for hydroxylation is 1. The average Bonchev–Trinajstić information content (AvgIpc) is 2.46. The minimum absolute atomic E-state index is 0.209. The van der Waals surface area contributed by atoms with Crippen molar-refractivity contribution < 1.29 is 13.6 Å². The molecule has 0 aliphatic carbocycles. The lowest BCUT2D eigenvalue weighted by atomic mass is 9.97. The second kappa shape index (κ2) is 6.24. The fourth-order valence-electron chi connectivity index (χ4n) is 1.92. The SMILES string of the molecule is Cc1ccc(C(CC(=O)c2ccccc2)=C(F)F)cc1. The molecule has 0 bridgehead atoms. The highest BCUT2D eigenvalue weighted by molar-refractivity contribution is 6.02. The minimum atomic E-state index is -1.81. The fourth-order valence-corrected chi connectivity index (χ4v) is 1.92. The Morgan fingerprint density at radius 2 is 1.50 bits per heavy atom. The highest BCUT2D eigenvalue weighted by Gasteiger charge is 2.15. The Morgan fingerprint density at radius 3 is 2.05 bits per heavy atom.